The Morgan fingerprint density at radius 1 is 1.07 bits per heavy atom. The molecule has 0 aromatic heterocycles. The minimum atomic E-state index is -0.490. The molecule has 0 bridgehead atoms. The van der Waals surface area contributed by atoms with Gasteiger partial charge in [0.2, 0.25) is 11.8 Å². The first kappa shape index (κ1) is 20.4. The van der Waals surface area contributed by atoms with Crippen LogP contribution in [0.1, 0.15) is 29.3 Å². The average Bonchev–Trinajstić information content (AvgIpc) is 3.10. The van der Waals surface area contributed by atoms with Gasteiger partial charge in [-0.15, -0.1) is 0 Å². The van der Waals surface area contributed by atoms with Gasteiger partial charge in [-0.05, 0) is 37.6 Å². The van der Waals surface area contributed by atoms with Gasteiger partial charge >= 0.3 is 0 Å². The van der Waals surface area contributed by atoms with Crippen molar-refractivity contribution >= 4 is 29.0 Å². The molecule has 7 heteroatoms. The maximum absolute atomic E-state index is 12.8. The molecule has 1 unspecified atom stereocenters. The van der Waals surface area contributed by atoms with Crippen LogP contribution in [0.5, 0.6) is 11.5 Å². The van der Waals surface area contributed by atoms with E-state index in [-0.39, 0.29) is 30.6 Å². The average molecular weight is 396 g/mol. The van der Waals surface area contributed by atoms with Gasteiger partial charge in [0.25, 0.3) is 0 Å². The summed E-state index contributed by atoms with van der Waals surface area (Å²) in [6, 6.07) is 10.4. The summed E-state index contributed by atoms with van der Waals surface area (Å²) in [5.74, 6) is 0.143. The highest BCUT2D eigenvalue weighted by atomic mass is 16.5. The van der Waals surface area contributed by atoms with Crippen LogP contribution >= 0.6 is 0 Å². The number of anilines is 2. The Morgan fingerprint density at radius 2 is 1.79 bits per heavy atom. The summed E-state index contributed by atoms with van der Waals surface area (Å²) in [4.78, 5) is 38.5. The molecule has 1 N–H and O–H groups in total. The molecule has 2 amide bonds. The van der Waals surface area contributed by atoms with Crippen LogP contribution in [0.2, 0.25) is 0 Å². The zero-order valence-electron chi connectivity index (χ0n) is 16.9. The molecule has 2 aromatic carbocycles. The third-order valence-corrected chi connectivity index (χ3v) is 5.08. The lowest BCUT2D eigenvalue weighted by Gasteiger charge is -2.19. The number of ether oxygens (including phenoxy) is 2. The molecular weight excluding hydrogens is 372 g/mol. The third kappa shape index (κ3) is 4.23. The van der Waals surface area contributed by atoms with Crippen molar-refractivity contribution in [3.05, 3.63) is 47.5 Å². The summed E-state index contributed by atoms with van der Waals surface area (Å²) in [6.07, 6.45) is 0.117. The van der Waals surface area contributed by atoms with Crippen molar-refractivity contribution in [3.63, 3.8) is 0 Å². The van der Waals surface area contributed by atoms with Gasteiger partial charge in [-0.2, -0.15) is 0 Å². The molecule has 1 atom stereocenters. The number of nitrogens with one attached hydrogen (secondary N) is 1. The lowest BCUT2D eigenvalue weighted by Crippen LogP contribution is -2.28. The molecule has 3 rings (SSSR count). The Bertz CT molecular complexity index is 970. The standard InChI is InChI=1S/C22H24N2O5/c1-13-5-6-15(14(2)25)9-18(13)23-22(27)16-10-21(26)24(12-16)17-7-8-19(28-3)20(11-17)29-4/h5-9,11,16H,10,12H2,1-4H3,(H,23,27). The van der Waals surface area contributed by atoms with Gasteiger partial charge in [0.05, 0.1) is 20.1 Å². The van der Waals surface area contributed by atoms with Crippen LogP contribution < -0.4 is 19.7 Å². The number of carbonyl (C=O) groups is 3. The van der Waals surface area contributed by atoms with E-state index in [4.69, 9.17) is 9.47 Å². The minimum Gasteiger partial charge on any atom is -0.493 e. The van der Waals surface area contributed by atoms with E-state index in [0.29, 0.717) is 28.4 Å². The van der Waals surface area contributed by atoms with Crippen LogP contribution in [0, 0.1) is 12.8 Å². The molecule has 1 heterocycles. The van der Waals surface area contributed by atoms with Gasteiger partial charge in [-0.1, -0.05) is 12.1 Å². The van der Waals surface area contributed by atoms with Gasteiger partial charge in [0, 0.05) is 36.0 Å². The maximum atomic E-state index is 12.8. The van der Waals surface area contributed by atoms with Crippen molar-refractivity contribution in [1.29, 1.82) is 0 Å². The van der Waals surface area contributed by atoms with E-state index >= 15 is 0 Å². The third-order valence-electron chi connectivity index (χ3n) is 5.08. The number of hydrogen-bond acceptors (Lipinski definition) is 5. The predicted molar refractivity (Wildman–Crippen MR) is 110 cm³/mol. The van der Waals surface area contributed by atoms with E-state index in [2.05, 4.69) is 5.32 Å². The summed E-state index contributed by atoms with van der Waals surface area (Å²) < 4.78 is 10.5. The lowest BCUT2D eigenvalue weighted by molar-refractivity contribution is -0.122. The number of nitrogens with zero attached hydrogens (tertiary/aromatic N) is 1. The Kier molecular flexibility index (Phi) is 5.87. The summed E-state index contributed by atoms with van der Waals surface area (Å²) in [5, 5.41) is 2.87. The molecule has 0 saturated carbocycles. The maximum Gasteiger partial charge on any atom is 0.229 e. The van der Waals surface area contributed by atoms with E-state index in [9.17, 15) is 14.4 Å². The van der Waals surface area contributed by atoms with Crippen molar-refractivity contribution in [2.45, 2.75) is 20.3 Å². The number of aryl methyl sites for hydroxylation is 1. The second-order valence-corrected chi connectivity index (χ2v) is 7.02. The van der Waals surface area contributed by atoms with E-state index in [0.717, 1.165) is 5.56 Å². The summed E-state index contributed by atoms with van der Waals surface area (Å²) in [6.45, 7) is 3.60. The van der Waals surface area contributed by atoms with Crippen molar-refractivity contribution in [1.82, 2.24) is 0 Å². The number of rotatable bonds is 6. The van der Waals surface area contributed by atoms with E-state index in [1.54, 1.807) is 48.4 Å². The fourth-order valence-electron chi connectivity index (χ4n) is 3.34. The van der Waals surface area contributed by atoms with Crippen LogP contribution in [-0.4, -0.2) is 38.4 Å². The Balaban J connectivity index is 1.76. The molecule has 1 saturated heterocycles. The summed E-state index contributed by atoms with van der Waals surface area (Å²) >= 11 is 0. The van der Waals surface area contributed by atoms with Crippen LogP contribution in [0.15, 0.2) is 36.4 Å². The highest BCUT2D eigenvalue weighted by Crippen LogP contribution is 2.34. The molecule has 1 aliphatic rings. The Labute approximate surface area is 169 Å². The topological polar surface area (TPSA) is 84.9 Å². The minimum absolute atomic E-state index is 0.0730. The number of hydrogen-bond donors (Lipinski definition) is 1. The van der Waals surface area contributed by atoms with E-state index in [1.165, 1.54) is 14.0 Å². The molecule has 0 aliphatic carbocycles. The van der Waals surface area contributed by atoms with Crippen LogP contribution in [-0.2, 0) is 9.59 Å². The molecule has 0 spiro atoms. The summed E-state index contributed by atoms with van der Waals surface area (Å²) in [7, 11) is 3.07. The summed E-state index contributed by atoms with van der Waals surface area (Å²) in [5.41, 5.74) is 2.61. The van der Waals surface area contributed by atoms with Gasteiger partial charge in [-0.25, -0.2) is 0 Å². The zero-order chi connectivity index (χ0) is 21.1. The van der Waals surface area contributed by atoms with Gasteiger partial charge in [0.1, 0.15) is 0 Å². The number of methoxy groups -OCH3 is 2. The normalized spacial score (nSPS) is 15.9. The molecular formula is C22H24N2O5. The molecule has 0 radical (unpaired) electrons. The molecule has 152 valence electrons. The predicted octanol–water partition coefficient (Wildman–Crippen LogP) is 3.21. The molecule has 1 fully saturated rings. The first-order valence-electron chi connectivity index (χ1n) is 9.29. The van der Waals surface area contributed by atoms with E-state index < -0.39 is 5.92 Å². The van der Waals surface area contributed by atoms with Crippen LogP contribution in [0.3, 0.4) is 0 Å². The van der Waals surface area contributed by atoms with Crippen molar-refractivity contribution in [3.8, 4) is 11.5 Å². The first-order valence-corrected chi connectivity index (χ1v) is 9.29. The number of carbonyl (C=O) groups excluding carboxylic acids is 3. The number of benzene rings is 2. The van der Waals surface area contributed by atoms with Gasteiger partial charge < -0.3 is 19.7 Å². The van der Waals surface area contributed by atoms with Gasteiger partial charge in [-0.3, -0.25) is 14.4 Å². The second-order valence-electron chi connectivity index (χ2n) is 7.02. The van der Waals surface area contributed by atoms with Crippen molar-refractivity contribution in [2.24, 2.45) is 5.92 Å². The van der Waals surface area contributed by atoms with Crippen molar-refractivity contribution < 1.29 is 23.9 Å². The van der Waals surface area contributed by atoms with Crippen LogP contribution in [0.25, 0.3) is 0 Å². The molecule has 2 aromatic rings. The first-order chi connectivity index (χ1) is 13.8. The quantitative estimate of drug-likeness (QED) is 0.758. The fraction of sp³-hybridized carbons (Fsp3) is 0.318. The zero-order valence-corrected chi connectivity index (χ0v) is 16.9. The van der Waals surface area contributed by atoms with Crippen molar-refractivity contribution in [2.75, 3.05) is 31.0 Å². The Morgan fingerprint density at radius 3 is 2.45 bits per heavy atom. The largest absolute Gasteiger partial charge is 0.493 e. The SMILES string of the molecule is COc1ccc(N2CC(C(=O)Nc3cc(C(C)=O)ccc3C)CC2=O)cc1OC. The van der Waals surface area contributed by atoms with E-state index in [1.807, 2.05) is 6.92 Å². The number of amides is 2. The fourth-order valence-corrected chi connectivity index (χ4v) is 3.34. The molecule has 7 nitrogen and oxygen atoms in total. The molecule has 29 heavy (non-hydrogen) atoms. The lowest BCUT2D eigenvalue weighted by atomic mass is 10.1. The van der Waals surface area contributed by atoms with Gasteiger partial charge in [0.15, 0.2) is 17.3 Å². The number of Topliss-reactive ketones (excluding diaryl/α,β-unsaturated/α-hetero) is 1. The Hall–Kier alpha value is -3.35. The highest BCUT2D eigenvalue weighted by molar-refractivity contribution is 6.04. The monoisotopic (exact) mass is 396 g/mol. The smallest absolute Gasteiger partial charge is 0.229 e. The molecule has 1 aliphatic heterocycles. The highest BCUT2D eigenvalue weighted by Gasteiger charge is 2.35. The number of ketones is 1. The van der Waals surface area contributed by atoms with Crippen LogP contribution in [0.4, 0.5) is 11.4 Å². The second kappa shape index (κ2) is 8.34.